The van der Waals surface area contributed by atoms with Gasteiger partial charge in [0.15, 0.2) is 23.3 Å². The molecule has 194 valence electrons. The van der Waals surface area contributed by atoms with Crippen molar-refractivity contribution in [3.8, 4) is 51.3 Å². The molecule has 0 radical (unpaired) electrons. The molecular formula is C32H18CdN8O. The molecule has 4 aromatic carbocycles. The molecule has 9 rings (SSSR count). The normalized spacial score (nSPS) is 11.7. The van der Waals surface area contributed by atoms with Crippen LogP contribution in [-0.4, -0.2) is 45.0 Å². The van der Waals surface area contributed by atoms with Crippen LogP contribution in [0.4, 0.5) is 0 Å². The van der Waals surface area contributed by atoms with Gasteiger partial charge in [0.05, 0.1) is 5.39 Å². The van der Waals surface area contributed by atoms with Crippen LogP contribution >= 0.6 is 0 Å². The molecule has 10 heteroatoms. The van der Waals surface area contributed by atoms with E-state index in [1.165, 1.54) is 0 Å². The second-order valence-corrected chi connectivity index (χ2v) is 9.95. The number of nitrogens with one attached hydrogen (secondary N) is 2. The summed E-state index contributed by atoms with van der Waals surface area (Å²) in [6, 6.07) is 29.1. The molecule has 9 nitrogen and oxygen atoms in total. The van der Waals surface area contributed by atoms with E-state index in [9.17, 15) is 5.11 Å². The minimum Gasteiger partial charge on any atom is -0.507 e. The van der Waals surface area contributed by atoms with Gasteiger partial charge in [-0.2, -0.15) is 0 Å². The topological polar surface area (TPSA) is 129 Å². The number of aromatic amines is 2. The van der Waals surface area contributed by atoms with Gasteiger partial charge >= 0.3 is 0 Å². The van der Waals surface area contributed by atoms with Crippen molar-refractivity contribution >= 4 is 44.1 Å². The third kappa shape index (κ3) is 3.59. The number of benzene rings is 4. The number of hydrogen-bond donors (Lipinski definition) is 3. The fraction of sp³-hybridized carbons (Fsp3) is 0. The molecule has 42 heavy (non-hydrogen) atoms. The van der Waals surface area contributed by atoms with Gasteiger partial charge in [-0.1, -0.05) is 84.9 Å². The predicted octanol–water partition coefficient (Wildman–Crippen LogP) is 6.57. The van der Waals surface area contributed by atoms with Crippen LogP contribution < -0.4 is 0 Å². The van der Waals surface area contributed by atoms with Crippen molar-refractivity contribution in [1.82, 2.24) is 39.9 Å². The average molecular weight is 643 g/mol. The molecule has 0 fully saturated rings. The second-order valence-electron chi connectivity index (χ2n) is 9.95. The Morgan fingerprint density at radius 2 is 0.786 bits per heavy atom. The number of hydrogen-bond acceptors (Lipinski definition) is 7. The van der Waals surface area contributed by atoms with Gasteiger partial charge in [0.1, 0.15) is 28.3 Å². The Morgan fingerprint density at radius 3 is 1.29 bits per heavy atom. The van der Waals surface area contributed by atoms with Gasteiger partial charge < -0.3 is 15.1 Å². The van der Waals surface area contributed by atoms with Crippen molar-refractivity contribution in [2.45, 2.75) is 0 Å². The maximum Gasteiger partial charge on any atom is 0.164 e. The summed E-state index contributed by atoms with van der Waals surface area (Å²) < 4.78 is 0. The van der Waals surface area contributed by atoms with Gasteiger partial charge in [-0.25, -0.2) is 29.9 Å². The Hall–Kier alpha value is -5.04. The molecule has 8 bridgehead atoms. The molecule has 0 amide bonds. The first kappa shape index (κ1) is 24.7. The van der Waals surface area contributed by atoms with Crippen molar-refractivity contribution in [2.75, 3.05) is 0 Å². The molecule has 3 N–H and O–H groups in total. The Kier molecular flexibility index (Phi) is 5.44. The van der Waals surface area contributed by atoms with Crippen LogP contribution in [0, 0.1) is 0 Å². The van der Waals surface area contributed by atoms with E-state index < -0.39 is 0 Å². The van der Waals surface area contributed by atoms with Crippen molar-refractivity contribution in [3.05, 3.63) is 91.0 Å². The van der Waals surface area contributed by atoms with E-state index in [-0.39, 0.29) is 33.0 Å². The van der Waals surface area contributed by atoms with Gasteiger partial charge in [-0.15, -0.1) is 0 Å². The Bertz CT molecular complexity index is 2410. The second kappa shape index (κ2) is 9.24. The number of nitrogens with zero attached hydrogens (tertiary/aromatic N) is 6. The first-order valence-electron chi connectivity index (χ1n) is 13.1. The zero-order valence-electron chi connectivity index (χ0n) is 22.0. The molecule has 5 heterocycles. The zero-order chi connectivity index (χ0) is 27.1. The summed E-state index contributed by atoms with van der Waals surface area (Å²) in [5, 5.41) is 14.0. The number of phenols is 1. The van der Waals surface area contributed by atoms with Crippen LogP contribution in [0.25, 0.3) is 89.7 Å². The van der Waals surface area contributed by atoms with Crippen LogP contribution in [0.3, 0.4) is 0 Å². The fourth-order valence-electron chi connectivity index (χ4n) is 5.67. The molecule has 0 atom stereocenters. The van der Waals surface area contributed by atoms with Crippen molar-refractivity contribution in [2.24, 2.45) is 0 Å². The van der Waals surface area contributed by atoms with Crippen molar-refractivity contribution in [3.63, 3.8) is 0 Å². The Morgan fingerprint density at radius 1 is 0.405 bits per heavy atom. The Labute approximate surface area is 257 Å². The van der Waals surface area contributed by atoms with Crippen LogP contribution in [0.5, 0.6) is 5.75 Å². The van der Waals surface area contributed by atoms with E-state index in [0.717, 1.165) is 38.4 Å². The standard InChI is InChI=1S/C32H18N8O.Cd/c41-23-15-7-14-22-24(23)32-39-30-21-13-6-5-12-20(21)28(37-30)35-26-17-9-2-1-8-16(17)25(33-26)34-27-18-10-3-4-11-19(18)29(36-27)38-31(22)40-32;/h1-15,41H,(H2,33,34,35,36,37,38,39,40);. The van der Waals surface area contributed by atoms with Gasteiger partial charge in [-0.3, -0.25) is 0 Å². The number of rotatable bonds is 0. The number of fused-ring (bicyclic) bond motifs is 20. The molecule has 0 saturated carbocycles. The number of H-pyrrole nitrogens is 2. The summed E-state index contributed by atoms with van der Waals surface area (Å²) in [4.78, 5) is 36.3. The third-order valence-electron chi connectivity index (χ3n) is 7.56. The molecular weight excluding hydrogens is 625 g/mol. The van der Waals surface area contributed by atoms with E-state index in [0.29, 0.717) is 51.3 Å². The van der Waals surface area contributed by atoms with Crippen LogP contribution in [0.1, 0.15) is 0 Å². The molecule has 2 aliphatic heterocycles. The summed E-state index contributed by atoms with van der Waals surface area (Å²) in [5.74, 6) is 2.19. The number of aromatic hydroxyl groups is 1. The van der Waals surface area contributed by atoms with E-state index in [1.54, 1.807) is 12.1 Å². The predicted molar refractivity (Wildman–Crippen MR) is 158 cm³/mol. The van der Waals surface area contributed by atoms with E-state index >= 15 is 0 Å². The molecule has 7 aromatic rings. The fourth-order valence-corrected chi connectivity index (χ4v) is 5.67. The maximum atomic E-state index is 10.9. The summed E-state index contributed by atoms with van der Waals surface area (Å²) in [7, 11) is 0. The van der Waals surface area contributed by atoms with E-state index in [2.05, 4.69) is 9.97 Å². The Balaban J connectivity index is 0.00000267. The van der Waals surface area contributed by atoms with E-state index in [4.69, 9.17) is 29.9 Å². The van der Waals surface area contributed by atoms with Gasteiger partial charge in [0, 0.05) is 65.7 Å². The van der Waals surface area contributed by atoms with Crippen molar-refractivity contribution in [1.29, 1.82) is 0 Å². The molecule has 0 aliphatic carbocycles. The molecule has 2 aliphatic rings. The SMILES string of the molecule is Oc1cccc2c3nc4nc(nc5[nH]c(nc6nc(nc([nH]3)c12)-c1ccccc1-6)c1ccccc51)-c1ccccc1-4.[Cd]. The summed E-state index contributed by atoms with van der Waals surface area (Å²) in [6.07, 6.45) is 0. The minimum absolute atomic E-state index is 0. The summed E-state index contributed by atoms with van der Waals surface area (Å²) in [6.45, 7) is 0. The third-order valence-corrected chi connectivity index (χ3v) is 7.56. The summed E-state index contributed by atoms with van der Waals surface area (Å²) >= 11 is 0. The summed E-state index contributed by atoms with van der Waals surface area (Å²) in [5.41, 5.74) is 5.74. The van der Waals surface area contributed by atoms with Gasteiger partial charge in [0.2, 0.25) is 0 Å². The molecule has 3 aromatic heterocycles. The molecule has 0 saturated heterocycles. The quantitative estimate of drug-likeness (QED) is 0.160. The largest absolute Gasteiger partial charge is 0.507 e. The van der Waals surface area contributed by atoms with Gasteiger partial charge in [0.25, 0.3) is 0 Å². The number of aromatic nitrogens is 8. The average Bonchev–Trinajstić information content (AvgIpc) is 3.73. The number of phenolic OH excluding ortho intramolecular Hbond substituents is 1. The van der Waals surface area contributed by atoms with Crippen LogP contribution in [0.2, 0.25) is 0 Å². The van der Waals surface area contributed by atoms with Gasteiger partial charge in [-0.05, 0) is 6.07 Å². The first-order chi connectivity index (χ1) is 20.2. The molecule has 0 unspecified atom stereocenters. The van der Waals surface area contributed by atoms with Crippen LogP contribution in [-0.2, 0) is 27.3 Å². The van der Waals surface area contributed by atoms with Crippen molar-refractivity contribution < 1.29 is 32.4 Å². The monoisotopic (exact) mass is 644 g/mol. The minimum atomic E-state index is 0. The van der Waals surface area contributed by atoms with Crippen LogP contribution in [0.15, 0.2) is 91.0 Å². The first-order valence-corrected chi connectivity index (χ1v) is 13.1. The zero-order valence-corrected chi connectivity index (χ0v) is 26.0. The van der Waals surface area contributed by atoms with E-state index in [1.807, 2.05) is 78.9 Å². The maximum absolute atomic E-state index is 10.9. The smallest absolute Gasteiger partial charge is 0.164 e. The molecule has 0 spiro atoms.